The van der Waals surface area contributed by atoms with Gasteiger partial charge in [0.2, 0.25) is 0 Å². The van der Waals surface area contributed by atoms with Gasteiger partial charge < -0.3 is 5.32 Å². The first-order valence-corrected chi connectivity index (χ1v) is 9.31. The van der Waals surface area contributed by atoms with Gasteiger partial charge in [0.05, 0.1) is 3.79 Å². The smallest absolute Gasteiger partial charge is 0.0701 e. The largest absolute Gasteiger partial charge is 0.314 e. The molecule has 3 heteroatoms. The van der Waals surface area contributed by atoms with E-state index in [-0.39, 0.29) is 0 Å². The normalized spacial score (nSPS) is 12.5. The Labute approximate surface area is 140 Å². The van der Waals surface area contributed by atoms with Gasteiger partial charge in [0, 0.05) is 10.9 Å². The molecule has 0 fully saturated rings. The number of hydrogen-bond donors (Lipinski definition) is 1. The Morgan fingerprint density at radius 1 is 1.24 bits per heavy atom. The van der Waals surface area contributed by atoms with Crippen LogP contribution in [0.5, 0.6) is 0 Å². The van der Waals surface area contributed by atoms with Crippen LogP contribution in [-0.4, -0.2) is 12.6 Å². The van der Waals surface area contributed by atoms with E-state index in [9.17, 15) is 0 Å². The Morgan fingerprint density at radius 2 is 2.10 bits per heavy atom. The van der Waals surface area contributed by atoms with E-state index in [1.165, 1.54) is 32.6 Å². The number of nitrogens with one attached hydrogen (secondary N) is 1. The lowest BCUT2D eigenvalue weighted by atomic mass is 10.0. The van der Waals surface area contributed by atoms with Crippen LogP contribution in [0.4, 0.5) is 0 Å². The van der Waals surface area contributed by atoms with Gasteiger partial charge in [-0.05, 0) is 72.8 Å². The number of hydrogen-bond acceptors (Lipinski definition) is 2. The average Bonchev–Trinajstić information content (AvgIpc) is 2.87. The summed E-state index contributed by atoms with van der Waals surface area (Å²) in [4.78, 5) is 1.46. The Balaban J connectivity index is 1.92. The second-order valence-corrected chi connectivity index (χ2v) is 8.14. The molecule has 1 unspecified atom stereocenters. The maximum Gasteiger partial charge on any atom is 0.0701 e. The molecule has 1 aromatic heterocycles. The maximum absolute atomic E-state index is 3.70. The highest BCUT2D eigenvalue weighted by atomic mass is 79.9. The zero-order valence-corrected chi connectivity index (χ0v) is 15.3. The zero-order chi connectivity index (χ0) is 15.1. The first-order valence-electron chi connectivity index (χ1n) is 7.70. The highest BCUT2D eigenvalue weighted by molar-refractivity contribution is 9.11. The molecule has 1 atom stereocenters. The molecule has 0 saturated carbocycles. The van der Waals surface area contributed by atoms with Crippen LogP contribution in [0.3, 0.4) is 0 Å². The van der Waals surface area contributed by atoms with Crippen molar-refractivity contribution in [1.82, 2.24) is 5.32 Å². The van der Waals surface area contributed by atoms with Crippen molar-refractivity contribution in [2.24, 2.45) is 0 Å². The summed E-state index contributed by atoms with van der Waals surface area (Å²) >= 11 is 5.41. The van der Waals surface area contributed by atoms with Gasteiger partial charge in [0.15, 0.2) is 0 Å². The topological polar surface area (TPSA) is 12.0 Å². The maximum atomic E-state index is 3.70. The Bertz CT molecular complexity index is 550. The van der Waals surface area contributed by atoms with Crippen molar-refractivity contribution in [2.75, 3.05) is 6.54 Å². The third-order valence-corrected chi connectivity index (χ3v) is 5.27. The minimum atomic E-state index is 0.566. The summed E-state index contributed by atoms with van der Waals surface area (Å²) in [7, 11) is 0. The number of aryl methyl sites for hydroxylation is 2. The van der Waals surface area contributed by atoms with E-state index in [0.717, 1.165) is 19.4 Å². The fourth-order valence-corrected chi connectivity index (χ4v) is 4.10. The summed E-state index contributed by atoms with van der Waals surface area (Å²) in [5.41, 5.74) is 2.80. The Morgan fingerprint density at radius 3 is 2.76 bits per heavy atom. The van der Waals surface area contributed by atoms with Gasteiger partial charge in [0.25, 0.3) is 0 Å². The van der Waals surface area contributed by atoms with Crippen LogP contribution in [0, 0.1) is 6.92 Å². The fraction of sp³-hybridized carbons (Fsp3) is 0.444. The third-order valence-electron chi connectivity index (χ3n) is 3.62. The van der Waals surface area contributed by atoms with E-state index >= 15 is 0 Å². The molecule has 1 aromatic carbocycles. The summed E-state index contributed by atoms with van der Waals surface area (Å²) in [5.74, 6) is 0. The Kier molecular flexibility index (Phi) is 6.94. The molecule has 0 aliphatic heterocycles. The number of halogens is 1. The van der Waals surface area contributed by atoms with Crippen molar-refractivity contribution in [3.63, 3.8) is 0 Å². The molecule has 0 bridgehead atoms. The predicted octanol–water partition coefficient (Wildman–Crippen LogP) is 5.36. The van der Waals surface area contributed by atoms with E-state index in [4.69, 9.17) is 0 Å². The van der Waals surface area contributed by atoms with Gasteiger partial charge in [-0.3, -0.25) is 0 Å². The summed E-state index contributed by atoms with van der Waals surface area (Å²) in [6.45, 7) is 5.50. The molecule has 0 amide bonds. The predicted molar refractivity (Wildman–Crippen MR) is 97.3 cm³/mol. The van der Waals surface area contributed by atoms with Crippen molar-refractivity contribution < 1.29 is 0 Å². The Hall–Kier alpha value is -0.640. The van der Waals surface area contributed by atoms with Crippen molar-refractivity contribution in [3.05, 3.63) is 56.2 Å². The lowest BCUT2D eigenvalue weighted by molar-refractivity contribution is 0.480. The van der Waals surface area contributed by atoms with Crippen molar-refractivity contribution >= 4 is 27.3 Å². The fourth-order valence-electron chi connectivity index (χ4n) is 2.54. The molecule has 21 heavy (non-hydrogen) atoms. The monoisotopic (exact) mass is 365 g/mol. The molecule has 1 nitrogen and oxygen atoms in total. The average molecular weight is 366 g/mol. The summed E-state index contributed by atoms with van der Waals surface area (Å²) in [6, 6.07) is 13.8. The molecule has 0 aliphatic carbocycles. The van der Waals surface area contributed by atoms with Gasteiger partial charge in [-0.2, -0.15) is 0 Å². The van der Waals surface area contributed by atoms with Gasteiger partial charge in [-0.15, -0.1) is 11.3 Å². The van der Waals surface area contributed by atoms with Crippen molar-refractivity contribution in [2.45, 2.75) is 45.6 Å². The van der Waals surface area contributed by atoms with Crippen molar-refractivity contribution in [3.8, 4) is 0 Å². The molecule has 2 rings (SSSR count). The van der Waals surface area contributed by atoms with Crippen molar-refractivity contribution in [1.29, 1.82) is 0 Å². The van der Waals surface area contributed by atoms with E-state index < -0.39 is 0 Å². The number of thiophene rings is 1. The minimum absolute atomic E-state index is 0.566. The molecule has 114 valence electrons. The van der Waals surface area contributed by atoms with Crippen LogP contribution in [0.15, 0.2) is 40.2 Å². The van der Waals surface area contributed by atoms with Gasteiger partial charge in [-0.25, -0.2) is 0 Å². The number of rotatable bonds is 8. The summed E-state index contributed by atoms with van der Waals surface area (Å²) in [6.07, 6.45) is 4.66. The molecule has 0 radical (unpaired) electrons. The van der Waals surface area contributed by atoms with E-state index in [0.29, 0.717) is 6.04 Å². The third kappa shape index (κ3) is 5.93. The first kappa shape index (κ1) is 16.7. The number of benzene rings is 1. The molecule has 1 N–H and O–H groups in total. The first-order chi connectivity index (χ1) is 10.2. The lowest BCUT2D eigenvalue weighted by Crippen LogP contribution is -2.32. The standard InChI is InChI=1S/C18H24BrNS/c1-3-11-20-16(13-17-9-10-18(19)21-17)8-7-15-6-4-5-14(2)12-15/h4-6,9-10,12,16,20H,3,7-8,11,13H2,1-2H3. The molecule has 1 heterocycles. The second kappa shape index (κ2) is 8.72. The highest BCUT2D eigenvalue weighted by Gasteiger charge is 2.10. The quantitative estimate of drug-likeness (QED) is 0.663. The molecule has 0 spiro atoms. The van der Waals surface area contributed by atoms with E-state index in [1.54, 1.807) is 0 Å². The molecule has 2 aromatic rings. The van der Waals surface area contributed by atoms with Gasteiger partial charge in [0.1, 0.15) is 0 Å². The molecular formula is C18H24BrNS. The molecular weight excluding hydrogens is 342 g/mol. The van der Waals surface area contributed by atoms with Crippen LogP contribution < -0.4 is 5.32 Å². The van der Waals surface area contributed by atoms with E-state index in [1.807, 2.05) is 11.3 Å². The minimum Gasteiger partial charge on any atom is -0.314 e. The van der Waals surface area contributed by atoms with E-state index in [2.05, 4.69) is 71.5 Å². The van der Waals surface area contributed by atoms with Gasteiger partial charge in [-0.1, -0.05) is 36.8 Å². The lowest BCUT2D eigenvalue weighted by Gasteiger charge is -2.18. The van der Waals surface area contributed by atoms with Gasteiger partial charge >= 0.3 is 0 Å². The van der Waals surface area contributed by atoms with Crippen LogP contribution in [-0.2, 0) is 12.8 Å². The van der Waals surface area contributed by atoms with Crippen LogP contribution in [0.1, 0.15) is 35.8 Å². The van der Waals surface area contributed by atoms with Crippen LogP contribution in [0.25, 0.3) is 0 Å². The SMILES string of the molecule is CCCNC(CCc1cccc(C)c1)Cc1ccc(Br)s1. The van der Waals surface area contributed by atoms with Crippen LogP contribution in [0.2, 0.25) is 0 Å². The highest BCUT2D eigenvalue weighted by Crippen LogP contribution is 2.24. The summed E-state index contributed by atoms with van der Waals surface area (Å²) < 4.78 is 1.23. The van der Waals surface area contributed by atoms with Crippen LogP contribution >= 0.6 is 27.3 Å². The molecule has 0 aliphatic rings. The molecule has 0 saturated heterocycles. The zero-order valence-electron chi connectivity index (χ0n) is 12.9. The second-order valence-electron chi connectivity index (χ2n) is 5.59. The summed E-state index contributed by atoms with van der Waals surface area (Å²) in [5, 5.41) is 3.70.